The highest BCUT2D eigenvalue weighted by Gasteiger charge is 2.24. The van der Waals surface area contributed by atoms with Crippen LogP contribution in [-0.4, -0.2) is 23.7 Å². The summed E-state index contributed by atoms with van der Waals surface area (Å²) in [6.45, 7) is 0.715. The molecule has 0 amide bonds. The van der Waals surface area contributed by atoms with Gasteiger partial charge < -0.3 is 16.6 Å². The number of carboxylic acid groups (broad SMARTS) is 1. The minimum atomic E-state index is -0.638. The van der Waals surface area contributed by atoms with Gasteiger partial charge in [-0.1, -0.05) is 12.8 Å². The summed E-state index contributed by atoms with van der Waals surface area (Å²) < 4.78 is 0. The molecule has 0 unspecified atom stereocenters. The van der Waals surface area contributed by atoms with Crippen molar-refractivity contribution < 1.29 is 9.90 Å². The van der Waals surface area contributed by atoms with Crippen LogP contribution in [-0.2, 0) is 4.79 Å². The molecule has 0 saturated heterocycles. The number of aliphatic carboxylic acids is 1. The van der Waals surface area contributed by atoms with Crippen LogP contribution in [0.15, 0.2) is 0 Å². The van der Waals surface area contributed by atoms with Crippen LogP contribution in [0.4, 0.5) is 0 Å². The van der Waals surface area contributed by atoms with Crippen LogP contribution < -0.4 is 11.5 Å². The maximum atomic E-state index is 10.5. The number of carbonyl (C=O) groups is 1. The Morgan fingerprint density at radius 3 is 1.88 bits per heavy atom. The lowest BCUT2D eigenvalue weighted by Crippen LogP contribution is -2.25. The van der Waals surface area contributed by atoms with Crippen LogP contribution >= 0.6 is 0 Å². The summed E-state index contributed by atoms with van der Waals surface area (Å²) in [5.41, 5.74) is 11.0. The highest BCUT2D eigenvalue weighted by molar-refractivity contribution is 5.69. The van der Waals surface area contributed by atoms with E-state index < -0.39 is 5.97 Å². The topological polar surface area (TPSA) is 89.3 Å². The van der Waals surface area contributed by atoms with Crippen molar-refractivity contribution in [3.05, 3.63) is 0 Å². The highest BCUT2D eigenvalue weighted by Crippen LogP contribution is 2.27. The minimum Gasteiger partial charge on any atom is -0.481 e. The van der Waals surface area contributed by atoms with Gasteiger partial charge in [0, 0.05) is 6.04 Å². The lowest BCUT2D eigenvalue weighted by Gasteiger charge is -2.24. The van der Waals surface area contributed by atoms with Crippen molar-refractivity contribution in [1.29, 1.82) is 0 Å². The molecule has 17 heavy (non-hydrogen) atoms. The van der Waals surface area contributed by atoms with Gasteiger partial charge in [0.1, 0.15) is 0 Å². The van der Waals surface area contributed by atoms with Gasteiger partial charge in [0.05, 0.1) is 5.92 Å². The molecule has 0 atom stereocenters. The first-order valence-electron chi connectivity index (χ1n) is 6.82. The zero-order valence-corrected chi connectivity index (χ0v) is 10.6. The van der Waals surface area contributed by atoms with Gasteiger partial charge in [-0.15, -0.1) is 0 Å². The number of hydrogen-bond donors (Lipinski definition) is 3. The number of nitrogens with two attached hydrogens (primary N) is 2. The molecule has 0 aromatic heterocycles. The molecular weight excluding hydrogens is 216 g/mol. The lowest BCUT2D eigenvalue weighted by atomic mass is 9.82. The second-order valence-corrected chi connectivity index (χ2v) is 5.34. The number of rotatable bonds is 2. The van der Waals surface area contributed by atoms with Crippen LogP contribution in [0.25, 0.3) is 0 Å². The molecular formula is C13H26N2O2. The molecule has 0 aromatic rings. The van der Waals surface area contributed by atoms with Crippen LogP contribution in [0, 0.1) is 11.8 Å². The first-order chi connectivity index (χ1) is 8.13. The Hall–Kier alpha value is -0.610. The van der Waals surface area contributed by atoms with Gasteiger partial charge in [0.15, 0.2) is 0 Å². The van der Waals surface area contributed by atoms with Gasteiger partial charge >= 0.3 is 5.97 Å². The van der Waals surface area contributed by atoms with E-state index in [1.165, 1.54) is 25.7 Å². The normalized spacial score (nSPS) is 29.5. The monoisotopic (exact) mass is 242 g/mol. The van der Waals surface area contributed by atoms with Gasteiger partial charge in [-0.3, -0.25) is 4.79 Å². The molecule has 0 radical (unpaired) electrons. The van der Waals surface area contributed by atoms with Gasteiger partial charge in [0.25, 0.3) is 0 Å². The Balaban J connectivity index is 0.000000202. The third-order valence-corrected chi connectivity index (χ3v) is 3.93. The molecule has 0 aromatic carbocycles. The number of carboxylic acids is 1. The molecule has 0 spiro atoms. The molecule has 2 saturated carbocycles. The van der Waals surface area contributed by atoms with E-state index in [0.29, 0.717) is 18.5 Å². The summed E-state index contributed by atoms with van der Waals surface area (Å²) >= 11 is 0. The first kappa shape index (κ1) is 14.5. The fourth-order valence-corrected chi connectivity index (χ4v) is 2.60. The van der Waals surface area contributed by atoms with E-state index in [-0.39, 0.29) is 5.92 Å². The Bertz CT molecular complexity index is 219. The van der Waals surface area contributed by atoms with Crippen LogP contribution in [0.3, 0.4) is 0 Å². The van der Waals surface area contributed by atoms with Gasteiger partial charge in [-0.25, -0.2) is 0 Å². The summed E-state index contributed by atoms with van der Waals surface area (Å²) in [6, 6.07) is 0.546. The molecule has 4 heteroatoms. The van der Waals surface area contributed by atoms with Crippen LogP contribution in [0.1, 0.15) is 51.4 Å². The summed E-state index contributed by atoms with van der Waals surface area (Å²) in [5.74, 6) is -0.163. The van der Waals surface area contributed by atoms with E-state index in [2.05, 4.69) is 0 Å². The van der Waals surface area contributed by atoms with E-state index in [0.717, 1.165) is 25.7 Å². The predicted octanol–water partition coefficient (Wildman–Crippen LogP) is 1.72. The van der Waals surface area contributed by atoms with E-state index in [9.17, 15) is 4.79 Å². The summed E-state index contributed by atoms with van der Waals surface area (Å²) in [6.07, 6.45) is 8.87. The second kappa shape index (κ2) is 7.67. The molecule has 0 bridgehead atoms. The van der Waals surface area contributed by atoms with Gasteiger partial charge in [0.2, 0.25) is 0 Å². The zero-order valence-electron chi connectivity index (χ0n) is 10.6. The molecule has 0 heterocycles. The average molecular weight is 242 g/mol. The van der Waals surface area contributed by atoms with Crippen LogP contribution in [0.2, 0.25) is 0 Å². The quantitative estimate of drug-likeness (QED) is 0.688. The van der Waals surface area contributed by atoms with Crippen LogP contribution in [0.5, 0.6) is 0 Å². The van der Waals surface area contributed by atoms with Crippen molar-refractivity contribution in [1.82, 2.24) is 0 Å². The largest absolute Gasteiger partial charge is 0.481 e. The fourth-order valence-electron chi connectivity index (χ4n) is 2.60. The molecule has 2 aliphatic carbocycles. The van der Waals surface area contributed by atoms with Crippen molar-refractivity contribution >= 4 is 5.97 Å². The average Bonchev–Trinajstić information content (AvgIpc) is 2.81. The fraction of sp³-hybridized carbons (Fsp3) is 0.923. The van der Waals surface area contributed by atoms with E-state index in [4.69, 9.17) is 16.6 Å². The Morgan fingerprint density at radius 1 is 1.06 bits per heavy atom. The summed E-state index contributed by atoms with van der Waals surface area (Å²) in [4.78, 5) is 10.5. The second-order valence-electron chi connectivity index (χ2n) is 5.34. The Morgan fingerprint density at radius 2 is 1.59 bits per heavy atom. The molecule has 2 fully saturated rings. The van der Waals surface area contributed by atoms with Crippen molar-refractivity contribution in [2.24, 2.45) is 23.3 Å². The molecule has 100 valence electrons. The molecule has 0 aliphatic heterocycles. The maximum Gasteiger partial charge on any atom is 0.306 e. The third kappa shape index (κ3) is 5.50. The van der Waals surface area contributed by atoms with Crippen molar-refractivity contribution in [3.63, 3.8) is 0 Å². The van der Waals surface area contributed by atoms with Gasteiger partial charge in [-0.05, 0) is 51.0 Å². The third-order valence-electron chi connectivity index (χ3n) is 3.93. The molecule has 5 N–H and O–H groups in total. The van der Waals surface area contributed by atoms with Crippen molar-refractivity contribution in [3.8, 4) is 0 Å². The van der Waals surface area contributed by atoms with E-state index >= 15 is 0 Å². The SMILES string of the molecule is NC1CCCC1.NCC1CCC(C(=O)O)CC1. The van der Waals surface area contributed by atoms with Gasteiger partial charge in [-0.2, -0.15) is 0 Å². The summed E-state index contributed by atoms with van der Waals surface area (Å²) in [5, 5.41) is 8.67. The lowest BCUT2D eigenvalue weighted by molar-refractivity contribution is -0.143. The van der Waals surface area contributed by atoms with E-state index in [1.807, 2.05) is 0 Å². The molecule has 4 nitrogen and oxygen atoms in total. The van der Waals surface area contributed by atoms with Crippen molar-refractivity contribution in [2.75, 3.05) is 6.54 Å². The first-order valence-corrected chi connectivity index (χ1v) is 6.82. The zero-order chi connectivity index (χ0) is 12.7. The Labute approximate surface area is 104 Å². The Kier molecular flexibility index (Phi) is 6.52. The van der Waals surface area contributed by atoms with E-state index in [1.54, 1.807) is 0 Å². The maximum absolute atomic E-state index is 10.5. The predicted molar refractivity (Wildman–Crippen MR) is 68.6 cm³/mol. The number of hydrogen-bond acceptors (Lipinski definition) is 3. The highest BCUT2D eigenvalue weighted by atomic mass is 16.4. The summed E-state index contributed by atoms with van der Waals surface area (Å²) in [7, 11) is 0. The standard InChI is InChI=1S/C8H15NO2.C5H11N/c9-5-6-1-3-7(4-2-6)8(10)11;6-5-3-1-2-4-5/h6-7H,1-5,9H2,(H,10,11);5H,1-4,6H2. The van der Waals surface area contributed by atoms with Crippen molar-refractivity contribution in [2.45, 2.75) is 57.4 Å². The molecule has 2 aliphatic rings. The smallest absolute Gasteiger partial charge is 0.306 e. The molecule has 2 rings (SSSR count). The minimum absolute atomic E-state index is 0.0993.